The molecule has 0 bridgehead atoms. The number of halogens is 2. The highest BCUT2D eigenvalue weighted by atomic mass is 79.9. The molecule has 1 aromatic rings. The lowest BCUT2D eigenvalue weighted by molar-refractivity contribution is -0.116. The first-order valence-electron chi connectivity index (χ1n) is 6.61. The minimum absolute atomic E-state index is 0.0402. The van der Waals surface area contributed by atoms with Crippen LogP contribution in [0.25, 0.3) is 0 Å². The van der Waals surface area contributed by atoms with Crippen LogP contribution in [0.2, 0.25) is 0 Å². The van der Waals surface area contributed by atoms with E-state index in [1.54, 1.807) is 0 Å². The summed E-state index contributed by atoms with van der Waals surface area (Å²) in [6, 6.07) is 5.77. The molecule has 0 radical (unpaired) electrons. The van der Waals surface area contributed by atoms with Gasteiger partial charge in [-0.1, -0.05) is 31.9 Å². The summed E-state index contributed by atoms with van der Waals surface area (Å²) in [7, 11) is 0. The minimum Gasteiger partial charge on any atom is -0.368 e. The number of carbonyl (C=O) groups excluding carboxylic acids is 1. The van der Waals surface area contributed by atoms with Crippen LogP contribution in [0.15, 0.2) is 22.7 Å². The first kappa shape index (κ1) is 16.0. The maximum absolute atomic E-state index is 12.7. The molecule has 1 heterocycles. The van der Waals surface area contributed by atoms with Crippen LogP contribution < -0.4 is 0 Å². The minimum atomic E-state index is -0.310. The number of benzene rings is 1. The molecule has 110 valence electrons. The largest absolute Gasteiger partial charge is 0.368 e. The van der Waals surface area contributed by atoms with Crippen molar-refractivity contribution in [3.63, 3.8) is 0 Å². The van der Waals surface area contributed by atoms with E-state index >= 15 is 0 Å². The lowest BCUT2D eigenvalue weighted by Gasteiger charge is -2.42. The van der Waals surface area contributed by atoms with E-state index < -0.39 is 0 Å². The van der Waals surface area contributed by atoms with Gasteiger partial charge in [-0.25, -0.2) is 0 Å². The fourth-order valence-electron chi connectivity index (χ4n) is 2.57. The van der Waals surface area contributed by atoms with Crippen molar-refractivity contribution >= 4 is 37.8 Å². The van der Waals surface area contributed by atoms with E-state index in [4.69, 9.17) is 4.74 Å². The molecule has 1 fully saturated rings. The molecule has 1 aromatic carbocycles. The lowest BCUT2D eigenvalue weighted by Crippen LogP contribution is -2.55. The number of amides is 1. The molecule has 0 spiro atoms. The summed E-state index contributed by atoms with van der Waals surface area (Å²) in [6.07, 6.45) is 0.0402. The molecule has 1 unspecified atom stereocenters. The van der Waals surface area contributed by atoms with Crippen molar-refractivity contribution in [1.82, 2.24) is 4.90 Å². The van der Waals surface area contributed by atoms with Crippen molar-refractivity contribution in [2.75, 3.05) is 18.4 Å². The summed E-state index contributed by atoms with van der Waals surface area (Å²) in [5, 5.41) is 0.736. The van der Waals surface area contributed by atoms with Gasteiger partial charge in [-0.15, -0.1) is 0 Å². The van der Waals surface area contributed by atoms with E-state index in [0.29, 0.717) is 13.1 Å². The highest BCUT2D eigenvalue weighted by Gasteiger charge is 2.35. The van der Waals surface area contributed by atoms with E-state index in [2.05, 4.69) is 31.9 Å². The number of hydrogen-bond donors (Lipinski definition) is 0. The summed E-state index contributed by atoms with van der Waals surface area (Å²) in [5.74, 6) is 0.0809. The first-order valence-corrected chi connectivity index (χ1v) is 8.53. The first-order chi connectivity index (χ1) is 9.32. The summed E-state index contributed by atoms with van der Waals surface area (Å²) in [4.78, 5) is 14.6. The number of ether oxygens (including phenoxy) is 1. The Morgan fingerprint density at radius 3 is 2.80 bits per heavy atom. The van der Waals surface area contributed by atoms with E-state index in [1.807, 2.05) is 43.9 Å². The fraction of sp³-hybridized carbons (Fsp3) is 0.533. The summed E-state index contributed by atoms with van der Waals surface area (Å²) in [5.41, 5.74) is 1.44. The van der Waals surface area contributed by atoms with Gasteiger partial charge >= 0.3 is 0 Å². The van der Waals surface area contributed by atoms with Crippen LogP contribution in [0, 0.1) is 6.92 Å². The van der Waals surface area contributed by atoms with Gasteiger partial charge in [0.1, 0.15) is 0 Å². The van der Waals surface area contributed by atoms with Crippen molar-refractivity contribution in [2.24, 2.45) is 0 Å². The van der Waals surface area contributed by atoms with Crippen molar-refractivity contribution in [3.05, 3.63) is 33.8 Å². The molecule has 20 heavy (non-hydrogen) atoms. The Labute approximate surface area is 136 Å². The van der Waals surface area contributed by atoms with Crippen LogP contribution >= 0.6 is 31.9 Å². The molecule has 1 atom stereocenters. The van der Waals surface area contributed by atoms with Gasteiger partial charge < -0.3 is 9.64 Å². The molecule has 0 N–H and O–H groups in total. The van der Waals surface area contributed by atoms with E-state index in [0.717, 1.165) is 20.9 Å². The maximum atomic E-state index is 12.7. The Balaban J connectivity index is 2.23. The van der Waals surface area contributed by atoms with E-state index in [1.165, 1.54) is 0 Å². The Hall–Kier alpha value is -0.390. The summed E-state index contributed by atoms with van der Waals surface area (Å²) >= 11 is 6.88. The number of nitrogens with zero attached hydrogens (tertiary/aromatic N) is 1. The molecule has 0 aromatic heterocycles. The molecule has 0 aliphatic carbocycles. The van der Waals surface area contributed by atoms with Gasteiger partial charge in [-0.2, -0.15) is 0 Å². The molecule has 0 saturated carbocycles. The van der Waals surface area contributed by atoms with Gasteiger partial charge in [0.25, 0.3) is 5.91 Å². The Morgan fingerprint density at radius 1 is 1.50 bits per heavy atom. The smallest absolute Gasteiger partial charge is 0.254 e. The molecule has 2 rings (SSSR count). The number of morpholine rings is 1. The van der Waals surface area contributed by atoms with Gasteiger partial charge in [0.15, 0.2) is 0 Å². The lowest BCUT2D eigenvalue weighted by atomic mass is 10.0. The predicted molar refractivity (Wildman–Crippen MR) is 87.5 cm³/mol. The second-order valence-electron chi connectivity index (χ2n) is 5.80. The fourth-order valence-corrected chi connectivity index (χ4v) is 3.38. The van der Waals surface area contributed by atoms with Crippen molar-refractivity contribution in [2.45, 2.75) is 32.5 Å². The van der Waals surface area contributed by atoms with Crippen molar-refractivity contribution in [1.29, 1.82) is 0 Å². The monoisotopic (exact) mass is 403 g/mol. The normalized spacial score (nSPS) is 21.9. The second-order valence-corrected chi connectivity index (χ2v) is 7.36. The van der Waals surface area contributed by atoms with Crippen LogP contribution in [0.3, 0.4) is 0 Å². The summed E-state index contributed by atoms with van der Waals surface area (Å²) < 4.78 is 6.93. The Morgan fingerprint density at radius 2 is 2.20 bits per heavy atom. The van der Waals surface area contributed by atoms with Crippen LogP contribution in [-0.4, -0.2) is 40.9 Å². The highest BCUT2D eigenvalue weighted by molar-refractivity contribution is 9.10. The molecule has 3 nitrogen and oxygen atoms in total. The van der Waals surface area contributed by atoms with Crippen molar-refractivity contribution in [3.8, 4) is 0 Å². The third-order valence-corrected chi connectivity index (χ3v) is 4.57. The van der Waals surface area contributed by atoms with Crippen molar-refractivity contribution < 1.29 is 9.53 Å². The number of rotatable bonds is 2. The van der Waals surface area contributed by atoms with Crippen LogP contribution in [0.5, 0.6) is 0 Å². The van der Waals surface area contributed by atoms with Crippen LogP contribution in [0.4, 0.5) is 0 Å². The zero-order valence-corrected chi connectivity index (χ0v) is 15.1. The Bertz CT molecular complexity index is 517. The van der Waals surface area contributed by atoms with Gasteiger partial charge in [0, 0.05) is 28.5 Å². The number of hydrogen-bond acceptors (Lipinski definition) is 2. The average Bonchev–Trinajstić information content (AvgIpc) is 2.36. The molecule has 5 heteroatoms. The highest BCUT2D eigenvalue weighted by Crippen LogP contribution is 2.25. The topological polar surface area (TPSA) is 29.5 Å². The van der Waals surface area contributed by atoms with E-state index in [9.17, 15) is 4.79 Å². The van der Waals surface area contributed by atoms with Gasteiger partial charge in [0.05, 0.1) is 11.7 Å². The molecule has 1 aliphatic rings. The van der Waals surface area contributed by atoms with Crippen LogP contribution in [0.1, 0.15) is 29.8 Å². The average molecular weight is 405 g/mol. The van der Waals surface area contributed by atoms with Gasteiger partial charge in [0.2, 0.25) is 0 Å². The quantitative estimate of drug-likeness (QED) is 0.702. The number of aryl methyl sites for hydroxylation is 1. The Kier molecular flexibility index (Phi) is 4.92. The SMILES string of the molecule is Cc1cc(Br)ccc1C(=O)N1CC(CBr)OC(C)(C)C1. The predicted octanol–water partition coefficient (Wildman–Crippen LogP) is 3.77. The van der Waals surface area contributed by atoms with Gasteiger partial charge in [-0.3, -0.25) is 4.79 Å². The number of carbonyl (C=O) groups is 1. The molecule has 1 amide bonds. The summed E-state index contributed by atoms with van der Waals surface area (Å²) in [6.45, 7) is 7.26. The molecular formula is C15H19Br2NO2. The number of alkyl halides is 1. The van der Waals surface area contributed by atoms with Crippen LogP contribution in [-0.2, 0) is 4.74 Å². The molecular weight excluding hydrogens is 386 g/mol. The maximum Gasteiger partial charge on any atom is 0.254 e. The van der Waals surface area contributed by atoms with Gasteiger partial charge in [-0.05, 0) is 44.5 Å². The standard InChI is InChI=1S/C15H19Br2NO2/c1-10-6-11(17)4-5-13(10)14(19)18-8-12(7-16)20-15(2,3)9-18/h4-6,12H,7-9H2,1-3H3. The second kappa shape index (κ2) is 6.16. The molecule has 1 aliphatic heterocycles. The van der Waals surface area contributed by atoms with E-state index in [-0.39, 0.29) is 17.6 Å². The molecule has 1 saturated heterocycles. The third kappa shape index (κ3) is 3.62. The zero-order valence-electron chi connectivity index (χ0n) is 12.0. The third-order valence-electron chi connectivity index (χ3n) is 3.36. The zero-order chi connectivity index (χ0) is 14.9.